The number of para-hydroxylation sites is 1. The van der Waals surface area contributed by atoms with Gasteiger partial charge in [-0.1, -0.05) is 52.3 Å². The Labute approximate surface area is 149 Å². The Morgan fingerprint density at radius 2 is 1.42 bits per heavy atom. The lowest BCUT2D eigenvalue weighted by atomic mass is 10.1. The summed E-state index contributed by atoms with van der Waals surface area (Å²) in [6, 6.07) is 24.5. The van der Waals surface area contributed by atoms with Gasteiger partial charge in [0.2, 0.25) is 0 Å². The van der Waals surface area contributed by atoms with Crippen LogP contribution < -0.4 is 4.74 Å². The first-order valence-corrected chi connectivity index (χ1v) is 8.31. The fourth-order valence-corrected chi connectivity index (χ4v) is 2.42. The standard InChI is InChI=1S/C21H15BrO2/c22-18-11-6-16(7-12-18)8-15-21(23)17-9-13-20(14-10-17)24-19-4-2-1-3-5-19/h1-15H. The molecule has 3 aromatic rings. The minimum Gasteiger partial charge on any atom is -0.457 e. The van der Waals surface area contributed by atoms with E-state index in [1.54, 1.807) is 30.3 Å². The Morgan fingerprint density at radius 3 is 2.08 bits per heavy atom. The normalized spacial score (nSPS) is 10.7. The van der Waals surface area contributed by atoms with Crippen molar-refractivity contribution < 1.29 is 9.53 Å². The number of allylic oxidation sites excluding steroid dienone is 1. The van der Waals surface area contributed by atoms with E-state index < -0.39 is 0 Å². The Morgan fingerprint density at radius 1 is 0.792 bits per heavy atom. The van der Waals surface area contributed by atoms with E-state index in [0.29, 0.717) is 11.3 Å². The molecule has 0 bridgehead atoms. The number of rotatable bonds is 5. The molecule has 3 aromatic carbocycles. The van der Waals surface area contributed by atoms with E-state index in [-0.39, 0.29) is 5.78 Å². The molecule has 0 aliphatic rings. The molecule has 0 fully saturated rings. The summed E-state index contributed by atoms with van der Waals surface area (Å²) in [5, 5.41) is 0. The van der Waals surface area contributed by atoms with Gasteiger partial charge in [0, 0.05) is 10.0 Å². The fourth-order valence-electron chi connectivity index (χ4n) is 2.15. The number of carbonyl (C=O) groups excluding carboxylic acids is 1. The smallest absolute Gasteiger partial charge is 0.185 e. The average Bonchev–Trinajstić information content (AvgIpc) is 2.62. The number of hydrogen-bond donors (Lipinski definition) is 0. The van der Waals surface area contributed by atoms with Crippen molar-refractivity contribution in [3.63, 3.8) is 0 Å². The van der Waals surface area contributed by atoms with Crippen LogP contribution in [0.15, 0.2) is 89.4 Å². The van der Waals surface area contributed by atoms with Crippen LogP contribution in [0.3, 0.4) is 0 Å². The van der Waals surface area contributed by atoms with Crippen LogP contribution >= 0.6 is 15.9 Å². The average molecular weight is 379 g/mol. The summed E-state index contributed by atoms with van der Waals surface area (Å²) in [5.74, 6) is 1.44. The van der Waals surface area contributed by atoms with E-state index in [2.05, 4.69) is 15.9 Å². The molecular formula is C21H15BrO2. The molecule has 2 nitrogen and oxygen atoms in total. The first-order chi connectivity index (χ1) is 11.7. The maximum Gasteiger partial charge on any atom is 0.185 e. The fraction of sp³-hybridized carbons (Fsp3) is 0. The SMILES string of the molecule is O=C(C=Cc1ccc(Br)cc1)c1ccc(Oc2ccccc2)cc1. The molecule has 0 saturated carbocycles. The van der Waals surface area contributed by atoms with Gasteiger partial charge in [-0.15, -0.1) is 0 Å². The van der Waals surface area contributed by atoms with E-state index in [1.807, 2.05) is 60.7 Å². The van der Waals surface area contributed by atoms with Crippen LogP contribution in [-0.4, -0.2) is 5.78 Å². The van der Waals surface area contributed by atoms with Crippen LogP contribution in [0.4, 0.5) is 0 Å². The molecule has 0 aliphatic carbocycles. The van der Waals surface area contributed by atoms with Gasteiger partial charge in [0.25, 0.3) is 0 Å². The molecule has 0 unspecified atom stereocenters. The Bertz CT molecular complexity index is 835. The third-order valence-electron chi connectivity index (χ3n) is 3.41. The minimum atomic E-state index is -0.0378. The van der Waals surface area contributed by atoms with E-state index in [1.165, 1.54) is 0 Å². The predicted molar refractivity (Wildman–Crippen MR) is 100 cm³/mol. The van der Waals surface area contributed by atoms with Crippen molar-refractivity contribution in [3.8, 4) is 11.5 Å². The van der Waals surface area contributed by atoms with Crippen LogP contribution in [0.25, 0.3) is 6.08 Å². The van der Waals surface area contributed by atoms with Gasteiger partial charge in [0.1, 0.15) is 11.5 Å². The van der Waals surface area contributed by atoms with Gasteiger partial charge < -0.3 is 4.74 Å². The van der Waals surface area contributed by atoms with Crippen molar-refractivity contribution in [2.24, 2.45) is 0 Å². The molecule has 3 heteroatoms. The quantitative estimate of drug-likeness (QED) is 0.393. The Balaban J connectivity index is 1.66. The lowest BCUT2D eigenvalue weighted by Gasteiger charge is -2.05. The molecule has 0 atom stereocenters. The second-order valence-electron chi connectivity index (χ2n) is 5.19. The van der Waals surface area contributed by atoms with E-state index in [9.17, 15) is 4.79 Å². The summed E-state index contributed by atoms with van der Waals surface area (Å²) in [6.45, 7) is 0. The van der Waals surface area contributed by atoms with Crippen molar-refractivity contribution in [3.05, 3.63) is 101 Å². The van der Waals surface area contributed by atoms with E-state index in [4.69, 9.17) is 4.74 Å². The van der Waals surface area contributed by atoms with Crippen LogP contribution in [-0.2, 0) is 0 Å². The highest BCUT2D eigenvalue weighted by molar-refractivity contribution is 9.10. The predicted octanol–water partition coefficient (Wildman–Crippen LogP) is 6.14. The molecule has 0 radical (unpaired) electrons. The summed E-state index contributed by atoms with van der Waals surface area (Å²) in [6.07, 6.45) is 3.39. The molecule has 0 saturated heterocycles. The molecule has 0 amide bonds. The molecule has 118 valence electrons. The van der Waals surface area contributed by atoms with Crippen molar-refractivity contribution in [1.29, 1.82) is 0 Å². The second kappa shape index (κ2) is 7.75. The van der Waals surface area contributed by atoms with Gasteiger partial charge in [0.15, 0.2) is 5.78 Å². The zero-order valence-electron chi connectivity index (χ0n) is 12.9. The van der Waals surface area contributed by atoms with Gasteiger partial charge in [-0.25, -0.2) is 0 Å². The number of ether oxygens (including phenoxy) is 1. The van der Waals surface area contributed by atoms with Gasteiger partial charge in [0.05, 0.1) is 0 Å². The summed E-state index contributed by atoms with van der Waals surface area (Å²) < 4.78 is 6.73. The Kier molecular flexibility index (Phi) is 5.24. The van der Waals surface area contributed by atoms with Gasteiger partial charge >= 0.3 is 0 Å². The first-order valence-electron chi connectivity index (χ1n) is 7.52. The number of hydrogen-bond acceptors (Lipinski definition) is 2. The monoisotopic (exact) mass is 378 g/mol. The lowest BCUT2D eigenvalue weighted by molar-refractivity contribution is 0.104. The Hall–Kier alpha value is -2.65. The van der Waals surface area contributed by atoms with Crippen molar-refractivity contribution in [2.45, 2.75) is 0 Å². The van der Waals surface area contributed by atoms with E-state index >= 15 is 0 Å². The maximum atomic E-state index is 12.2. The number of ketones is 1. The van der Waals surface area contributed by atoms with Crippen molar-refractivity contribution in [1.82, 2.24) is 0 Å². The topological polar surface area (TPSA) is 26.3 Å². The molecule has 0 aromatic heterocycles. The van der Waals surface area contributed by atoms with Crippen molar-refractivity contribution >= 4 is 27.8 Å². The lowest BCUT2D eigenvalue weighted by Crippen LogP contribution is -1.94. The second-order valence-corrected chi connectivity index (χ2v) is 6.10. The molecule has 0 heterocycles. The molecule has 0 spiro atoms. The molecular weight excluding hydrogens is 364 g/mol. The highest BCUT2D eigenvalue weighted by atomic mass is 79.9. The highest BCUT2D eigenvalue weighted by Crippen LogP contribution is 2.21. The van der Waals surface area contributed by atoms with Gasteiger partial charge in [-0.3, -0.25) is 4.79 Å². The van der Waals surface area contributed by atoms with Crippen LogP contribution in [0.5, 0.6) is 11.5 Å². The molecule has 0 aliphatic heterocycles. The summed E-state index contributed by atoms with van der Waals surface area (Å²) >= 11 is 3.39. The zero-order chi connectivity index (χ0) is 16.8. The summed E-state index contributed by atoms with van der Waals surface area (Å²) in [4.78, 5) is 12.2. The minimum absolute atomic E-state index is 0.0378. The number of benzene rings is 3. The third-order valence-corrected chi connectivity index (χ3v) is 3.94. The third kappa shape index (κ3) is 4.43. The van der Waals surface area contributed by atoms with Crippen LogP contribution in [0.2, 0.25) is 0 Å². The highest BCUT2D eigenvalue weighted by Gasteiger charge is 2.03. The zero-order valence-corrected chi connectivity index (χ0v) is 14.4. The van der Waals surface area contributed by atoms with Crippen molar-refractivity contribution in [2.75, 3.05) is 0 Å². The molecule has 3 rings (SSSR count). The van der Waals surface area contributed by atoms with Crippen LogP contribution in [0, 0.1) is 0 Å². The van der Waals surface area contributed by atoms with E-state index in [0.717, 1.165) is 15.8 Å². The summed E-state index contributed by atoms with van der Waals surface area (Å²) in [7, 11) is 0. The molecule has 0 N–H and O–H groups in total. The van der Waals surface area contributed by atoms with Crippen LogP contribution in [0.1, 0.15) is 15.9 Å². The maximum absolute atomic E-state index is 12.2. The van der Waals surface area contributed by atoms with Gasteiger partial charge in [-0.2, -0.15) is 0 Å². The number of halogens is 1. The first kappa shape index (κ1) is 16.2. The van der Waals surface area contributed by atoms with Gasteiger partial charge in [-0.05, 0) is 60.2 Å². The summed E-state index contributed by atoms with van der Waals surface area (Å²) in [5.41, 5.74) is 1.61. The number of carbonyl (C=O) groups is 1. The largest absolute Gasteiger partial charge is 0.457 e. The molecule has 24 heavy (non-hydrogen) atoms.